The summed E-state index contributed by atoms with van der Waals surface area (Å²) in [6.45, 7) is 0.775. The summed E-state index contributed by atoms with van der Waals surface area (Å²) in [5, 5.41) is 3.82. The van der Waals surface area contributed by atoms with Crippen molar-refractivity contribution >= 4 is 17.3 Å². The van der Waals surface area contributed by atoms with E-state index in [9.17, 15) is 0 Å². The first kappa shape index (κ1) is 9.52. The number of hydrogen-bond donors (Lipinski definition) is 1. The summed E-state index contributed by atoms with van der Waals surface area (Å²) >= 11 is 5.24. The Kier molecular flexibility index (Phi) is 2.72. The molecule has 1 heterocycles. The molecule has 1 aromatic heterocycles. The number of nitrogens with zero attached hydrogens (tertiary/aromatic N) is 1. The molecule has 4 heteroatoms. The second kappa shape index (κ2) is 4.00. The van der Waals surface area contributed by atoms with Crippen LogP contribution in [0.25, 0.3) is 0 Å². The maximum absolute atomic E-state index is 5.31. The van der Waals surface area contributed by atoms with Crippen molar-refractivity contribution in [1.29, 1.82) is 0 Å². The van der Waals surface area contributed by atoms with Gasteiger partial charge in [-0.3, -0.25) is 0 Å². The van der Waals surface area contributed by atoms with Crippen molar-refractivity contribution in [3.05, 3.63) is 24.2 Å². The summed E-state index contributed by atoms with van der Waals surface area (Å²) in [7, 11) is 1.86. The van der Waals surface area contributed by atoms with Crippen molar-refractivity contribution in [1.82, 2.24) is 10.2 Å². The Labute approximate surface area is 89.1 Å². The first-order valence-electron chi connectivity index (χ1n) is 4.82. The summed E-state index contributed by atoms with van der Waals surface area (Å²) in [4.78, 5) is 2.19. The second-order valence-corrected chi connectivity index (χ2v) is 3.88. The van der Waals surface area contributed by atoms with Crippen molar-refractivity contribution in [2.24, 2.45) is 0 Å². The summed E-state index contributed by atoms with van der Waals surface area (Å²) < 4.78 is 5.31. The van der Waals surface area contributed by atoms with Gasteiger partial charge >= 0.3 is 0 Å². The molecule has 0 aliphatic heterocycles. The van der Waals surface area contributed by atoms with Crippen molar-refractivity contribution in [3.63, 3.8) is 0 Å². The molecule has 0 unspecified atom stereocenters. The highest BCUT2D eigenvalue weighted by Crippen LogP contribution is 2.28. The van der Waals surface area contributed by atoms with Crippen LogP contribution in [0.2, 0.25) is 0 Å². The zero-order valence-electron chi connectivity index (χ0n) is 8.19. The van der Waals surface area contributed by atoms with Crippen LogP contribution in [0.15, 0.2) is 22.8 Å². The summed E-state index contributed by atoms with van der Waals surface area (Å²) in [6.07, 6.45) is 4.17. The molecule has 0 amide bonds. The predicted octanol–water partition coefficient (Wildman–Crippen LogP) is 1.75. The van der Waals surface area contributed by atoms with Crippen molar-refractivity contribution in [3.8, 4) is 0 Å². The average Bonchev–Trinajstić information content (AvgIpc) is 2.92. The lowest BCUT2D eigenvalue weighted by atomic mass is 10.4. The molecule has 14 heavy (non-hydrogen) atoms. The first-order valence-corrected chi connectivity index (χ1v) is 5.23. The number of hydrogen-bond acceptors (Lipinski definition) is 2. The Morgan fingerprint density at radius 2 is 2.50 bits per heavy atom. The zero-order chi connectivity index (χ0) is 9.97. The zero-order valence-corrected chi connectivity index (χ0v) is 9.01. The van der Waals surface area contributed by atoms with Crippen molar-refractivity contribution < 1.29 is 4.42 Å². The van der Waals surface area contributed by atoms with Crippen LogP contribution in [0.5, 0.6) is 0 Å². The largest absolute Gasteiger partial charge is 0.467 e. The quantitative estimate of drug-likeness (QED) is 0.769. The summed E-state index contributed by atoms with van der Waals surface area (Å²) in [5.41, 5.74) is 0. The molecule has 1 fully saturated rings. The van der Waals surface area contributed by atoms with E-state index in [1.807, 2.05) is 19.2 Å². The molecule has 1 aliphatic rings. The van der Waals surface area contributed by atoms with Gasteiger partial charge < -0.3 is 14.6 Å². The fourth-order valence-electron chi connectivity index (χ4n) is 1.47. The van der Waals surface area contributed by atoms with Gasteiger partial charge in [0.05, 0.1) is 12.8 Å². The Balaban J connectivity index is 2.00. The van der Waals surface area contributed by atoms with Crippen LogP contribution < -0.4 is 5.32 Å². The van der Waals surface area contributed by atoms with Gasteiger partial charge in [0.15, 0.2) is 5.11 Å². The molecule has 76 valence electrons. The molecular formula is C10H14N2OS. The second-order valence-electron chi connectivity index (χ2n) is 3.49. The van der Waals surface area contributed by atoms with Crippen LogP contribution in [-0.2, 0) is 6.54 Å². The van der Waals surface area contributed by atoms with Crippen LogP contribution >= 0.6 is 12.2 Å². The molecule has 0 radical (unpaired) electrons. The molecule has 3 nitrogen and oxygen atoms in total. The van der Waals surface area contributed by atoms with E-state index in [0.29, 0.717) is 6.04 Å². The molecule has 1 aliphatic carbocycles. The predicted molar refractivity (Wildman–Crippen MR) is 58.9 cm³/mol. The number of rotatable bonds is 3. The van der Waals surface area contributed by atoms with E-state index in [-0.39, 0.29) is 0 Å². The molecule has 0 aromatic carbocycles. The van der Waals surface area contributed by atoms with Gasteiger partial charge in [-0.2, -0.15) is 0 Å². The molecular weight excluding hydrogens is 196 g/mol. The van der Waals surface area contributed by atoms with E-state index in [2.05, 4.69) is 10.2 Å². The van der Waals surface area contributed by atoms with Gasteiger partial charge in [-0.15, -0.1) is 0 Å². The van der Waals surface area contributed by atoms with E-state index in [0.717, 1.165) is 17.4 Å². The number of nitrogens with one attached hydrogen (secondary N) is 1. The number of furan rings is 1. The van der Waals surface area contributed by atoms with E-state index in [1.165, 1.54) is 12.8 Å². The number of thiocarbonyl (C=S) groups is 1. The van der Waals surface area contributed by atoms with Crippen LogP contribution in [0.3, 0.4) is 0 Å². The lowest BCUT2D eigenvalue weighted by molar-refractivity contribution is 0.351. The summed E-state index contributed by atoms with van der Waals surface area (Å²) in [6, 6.07) is 4.50. The van der Waals surface area contributed by atoms with Crippen LogP contribution in [0.4, 0.5) is 0 Å². The van der Waals surface area contributed by atoms with E-state index in [1.54, 1.807) is 6.26 Å². The van der Waals surface area contributed by atoms with Gasteiger partial charge in [-0.1, -0.05) is 0 Å². The van der Waals surface area contributed by atoms with Gasteiger partial charge in [0.25, 0.3) is 0 Å². The van der Waals surface area contributed by atoms with Gasteiger partial charge in [0.1, 0.15) is 5.76 Å². The standard InChI is InChI=1S/C10H14N2OS/c1-11-10(14)12(8-4-5-8)7-9-3-2-6-13-9/h2-3,6,8H,4-5,7H2,1H3,(H,11,14). The fourth-order valence-corrected chi connectivity index (χ4v) is 1.68. The van der Waals surface area contributed by atoms with E-state index < -0.39 is 0 Å². The molecule has 1 N–H and O–H groups in total. The SMILES string of the molecule is CNC(=S)N(Cc1ccco1)C1CC1. The fraction of sp³-hybridized carbons (Fsp3) is 0.500. The molecule has 0 atom stereocenters. The average molecular weight is 210 g/mol. The molecule has 0 bridgehead atoms. The van der Waals surface area contributed by atoms with Gasteiger partial charge in [0, 0.05) is 13.1 Å². The third kappa shape index (κ3) is 2.07. The lowest BCUT2D eigenvalue weighted by Crippen LogP contribution is -2.38. The Morgan fingerprint density at radius 3 is 3.00 bits per heavy atom. The minimum absolute atomic E-state index is 0.611. The Hall–Kier alpha value is -1.03. The minimum Gasteiger partial charge on any atom is -0.467 e. The lowest BCUT2D eigenvalue weighted by Gasteiger charge is -2.23. The maximum Gasteiger partial charge on any atom is 0.169 e. The topological polar surface area (TPSA) is 28.4 Å². The van der Waals surface area contributed by atoms with Gasteiger partial charge in [-0.05, 0) is 37.2 Å². The third-order valence-electron chi connectivity index (χ3n) is 2.37. The first-order chi connectivity index (χ1) is 6.81. The van der Waals surface area contributed by atoms with Crippen LogP contribution in [0, 0.1) is 0 Å². The normalized spacial score (nSPS) is 15.2. The minimum atomic E-state index is 0.611. The highest BCUT2D eigenvalue weighted by atomic mass is 32.1. The van der Waals surface area contributed by atoms with E-state index >= 15 is 0 Å². The highest BCUT2D eigenvalue weighted by Gasteiger charge is 2.30. The van der Waals surface area contributed by atoms with Crippen LogP contribution in [0.1, 0.15) is 18.6 Å². The highest BCUT2D eigenvalue weighted by molar-refractivity contribution is 7.80. The van der Waals surface area contributed by atoms with E-state index in [4.69, 9.17) is 16.6 Å². The third-order valence-corrected chi connectivity index (χ3v) is 2.81. The summed E-state index contributed by atoms with van der Waals surface area (Å²) in [5.74, 6) is 0.967. The molecule has 1 aromatic rings. The molecule has 2 rings (SSSR count). The monoisotopic (exact) mass is 210 g/mol. The maximum atomic E-state index is 5.31. The van der Waals surface area contributed by atoms with Gasteiger partial charge in [-0.25, -0.2) is 0 Å². The smallest absolute Gasteiger partial charge is 0.169 e. The molecule has 0 saturated heterocycles. The molecule has 1 saturated carbocycles. The van der Waals surface area contributed by atoms with Crippen molar-refractivity contribution in [2.75, 3.05) is 7.05 Å². The Morgan fingerprint density at radius 1 is 1.71 bits per heavy atom. The van der Waals surface area contributed by atoms with Gasteiger partial charge in [0.2, 0.25) is 0 Å². The van der Waals surface area contributed by atoms with Crippen molar-refractivity contribution in [2.45, 2.75) is 25.4 Å². The van der Waals surface area contributed by atoms with Crippen LogP contribution in [-0.4, -0.2) is 23.1 Å². The Bertz CT molecular complexity index is 306. The molecule has 0 spiro atoms.